The first-order valence-corrected chi connectivity index (χ1v) is 10.8. The van der Waals surface area contributed by atoms with Crippen LogP contribution in [0.3, 0.4) is 0 Å². The molecule has 0 aliphatic carbocycles. The highest BCUT2D eigenvalue weighted by Crippen LogP contribution is 2.30. The molecule has 1 aromatic carbocycles. The summed E-state index contributed by atoms with van der Waals surface area (Å²) >= 11 is 1.15. The summed E-state index contributed by atoms with van der Waals surface area (Å²) in [6.07, 6.45) is 1.87. The van der Waals surface area contributed by atoms with E-state index in [9.17, 15) is 13.2 Å². The minimum absolute atomic E-state index is 0.176. The molecule has 0 spiro atoms. The second-order valence-electron chi connectivity index (χ2n) is 6.27. The number of hydrogen-bond donors (Lipinski definition) is 1. The van der Waals surface area contributed by atoms with Crippen LogP contribution >= 0.6 is 11.3 Å². The van der Waals surface area contributed by atoms with Crippen molar-refractivity contribution in [2.75, 3.05) is 0 Å². The minimum Gasteiger partial charge on any atom is -0.467 e. The van der Waals surface area contributed by atoms with E-state index in [-0.39, 0.29) is 23.2 Å². The number of sulfonamides is 1. The van der Waals surface area contributed by atoms with Crippen LogP contribution in [0, 0.1) is 0 Å². The third kappa shape index (κ3) is 3.55. The largest absolute Gasteiger partial charge is 0.467 e. The Bertz CT molecular complexity index is 1030. The highest BCUT2D eigenvalue weighted by molar-refractivity contribution is 7.91. The van der Waals surface area contributed by atoms with Crippen molar-refractivity contribution in [2.45, 2.75) is 29.8 Å². The Hall–Kier alpha value is -2.42. The average molecular weight is 402 g/mol. The Labute approximate surface area is 161 Å². The van der Waals surface area contributed by atoms with Gasteiger partial charge in [0.2, 0.25) is 5.91 Å². The van der Waals surface area contributed by atoms with E-state index in [0.29, 0.717) is 12.2 Å². The number of amides is 1. The van der Waals surface area contributed by atoms with Gasteiger partial charge < -0.3 is 9.73 Å². The molecule has 27 heavy (non-hydrogen) atoms. The molecule has 1 aliphatic rings. The SMILES string of the molecule is O=C(NCc1ccco1)C1Cc2ccccc2CN1S(=O)(=O)c1cccs1. The number of furan rings is 1. The molecular formula is C19H18N2O4S2. The fourth-order valence-corrected chi connectivity index (χ4v) is 5.89. The smallest absolute Gasteiger partial charge is 0.253 e. The van der Waals surface area contributed by atoms with Gasteiger partial charge in [-0.2, -0.15) is 4.31 Å². The van der Waals surface area contributed by atoms with Crippen LogP contribution in [0.1, 0.15) is 16.9 Å². The molecule has 1 amide bonds. The molecule has 0 saturated heterocycles. The third-order valence-electron chi connectivity index (χ3n) is 4.58. The Kier molecular flexibility index (Phi) is 4.86. The maximum absolute atomic E-state index is 13.1. The Morgan fingerprint density at radius 3 is 2.67 bits per heavy atom. The molecule has 2 aromatic heterocycles. The zero-order valence-electron chi connectivity index (χ0n) is 14.4. The summed E-state index contributed by atoms with van der Waals surface area (Å²) in [5.74, 6) is 0.285. The molecule has 1 atom stereocenters. The number of hydrogen-bond acceptors (Lipinski definition) is 5. The van der Waals surface area contributed by atoms with Crippen LogP contribution < -0.4 is 5.32 Å². The number of carbonyl (C=O) groups is 1. The normalized spacial score (nSPS) is 17.4. The van der Waals surface area contributed by atoms with Crippen LogP contribution in [0.2, 0.25) is 0 Å². The average Bonchev–Trinajstić information content (AvgIpc) is 3.39. The molecule has 140 valence electrons. The lowest BCUT2D eigenvalue weighted by atomic mass is 9.95. The molecule has 4 rings (SSSR count). The second-order valence-corrected chi connectivity index (χ2v) is 9.33. The number of nitrogens with zero attached hydrogens (tertiary/aromatic N) is 1. The Balaban J connectivity index is 1.64. The van der Waals surface area contributed by atoms with Gasteiger partial charge in [0, 0.05) is 6.54 Å². The molecule has 3 heterocycles. The second kappa shape index (κ2) is 7.30. The number of carbonyl (C=O) groups excluding carboxylic acids is 1. The lowest BCUT2D eigenvalue weighted by molar-refractivity contribution is -0.125. The minimum atomic E-state index is -3.76. The van der Waals surface area contributed by atoms with Crippen LogP contribution in [0.25, 0.3) is 0 Å². The molecule has 0 saturated carbocycles. The van der Waals surface area contributed by atoms with Crippen LogP contribution in [0.4, 0.5) is 0 Å². The van der Waals surface area contributed by atoms with Crippen molar-refractivity contribution in [1.82, 2.24) is 9.62 Å². The summed E-state index contributed by atoms with van der Waals surface area (Å²) in [4.78, 5) is 12.9. The van der Waals surface area contributed by atoms with Crippen molar-refractivity contribution in [3.8, 4) is 0 Å². The summed E-state index contributed by atoms with van der Waals surface area (Å²) < 4.78 is 33.1. The van der Waals surface area contributed by atoms with Gasteiger partial charge >= 0.3 is 0 Å². The molecule has 8 heteroatoms. The lowest BCUT2D eigenvalue weighted by Crippen LogP contribution is -2.52. The highest BCUT2D eigenvalue weighted by atomic mass is 32.2. The first kappa shape index (κ1) is 18.0. The fraction of sp³-hybridized carbons (Fsp3) is 0.211. The van der Waals surface area contributed by atoms with Crippen molar-refractivity contribution >= 4 is 27.3 Å². The van der Waals surface area contributed by atoms with Crippen molar-refractivity contribution in [3.05, 3.63) is 77.1 Å². The number of thiophene rings is 1. The van der Waals surface area contributed by atoms with Gasteiger partial charge in [-0.3, -0.25) is 4.79 Å². The number of benzene rings is 1. The van der Waals surface area contributed by atoms with E-state index in [1.807, 2.05) is 24.3 Å². The van der Waals surface area contributed by atoms with Crippen LogP contribution in [-0.2, 0) is 34.3 Å². The monoisotopic (exact) mass is 402 g/mol. The molecule has 0 fully saturated rings. The number of nitrogens with one attached hydrogen (secondary N) is 1. The predicted octanol–water partition coefficient (Wildman–Crippen LogP) is 2.77. The lowest BCUT2D eigenvalue weighted by Gasteiger charge is -2.34. The first-order chi connectivity index (χ1) is 13.1. The summed E-state index contributed by atoms with van der Waals surface area (Å²) in [7, 11) is -3.76. The van der Waals surface area contributed by atoms with Gasteiger partial charge in [-0.05, 0) is 41.1 Å². The maximum atomic E-state index is 13.1. The van der Waals surface area contributed by atoms with E-state index in [0.717, 1.165) is 22.5 Å². The summed E-state index contributed by atoms with van der Waals surface area (Å²) in [5, 5.41) is 4.52. The molecule has 3 aromatic rings. The summed E-state index contributed by atoms with van der Waals surface area (Å²) in [5.41, 5.74) is 1.92. The Morgan fingerprint density at radius 2 is 1.96 bits per heavy atom. The van der Waals surface area contributed by atoms with Gasteiger partial charge in [0.05, 0.1) is 12.8 Å². The van der Waals surface area contributed by atoms with Gasteiger partial charge in [0.1, 0.15) is 16.0 Å². The predicted molar refractivity (Wildman–Crippen MR) is 102 cm³/mol. The molecule has 0 radical (unpaired) electrons. The third-order valence-corrected chi connectivity index (χ3v) is 7.81. The topological polar surface area (TPSA) is 79.6 Å². The highest BCUT2D eigenvalue weighted by Gasteiger charge is 2.39. The zero-order valence-corrected chi connectivity index (χ0v) is 16.0. The van der Waals surface area contributed by atoms with E-state index < -0.39 is 16.1 Å². The van der Waals surface area contributed by atoms with Crippen LogP contribution in [0.15, 0.2) is 68.8 Å². The van der Waals surface area contributed by atoms with E-state index >= 15 is 0 Å². The number of rotatable bonds is 5. The molecule has 1 N–H and O–H groups in total. The van der Waals surface area contributed by atoms with Gasteiger partial charge in [-0.1, -0.05) is 30.3 Å². The van der Waals surface area contributed by atoms with Gasteiger partial charge in [0.15, 0.2) is 0 Å². The first-order valence-electron chi connectivity index (χ1n) is 8.48. The fourth-order valence-electron chi connectivity index (χ4n) is 3.21. The maximum Gasteiger partial charge on any atom is 0.253 e. The van der Waals surface area contributed by atoms with Gasteiger partial charge in [-0.15, -0.1) is 11.3 Å². The zero-order chi connectivity index (χ0) is 18.9. The summed E-state index contributed by atoms with van der Waals surface area (Å²) in [6.45, 7) is 0.395. The molecule has 6 nitrogen and oxygen atoms in total. The standard InChI is InChI=1S/C19H18N2O4S2/c22-19(20-12-16-7-3-9-25-16)17-11-14-5-1-2-6-15(14)13-21(17)27(23,24)18-8-4-10-26-18/h1-10,17H,11-13H2,(H,20,22). The van der Waals surface area contributed by atoms with Gasteiger partial charge in [-0.25, -0.2) is 8.42 Å². The van der Waals surface area contributed by atoms with E-state index in [1.54, 1.807) is 29.6 Å². The molecular weight excluding hydrogens is 384 g/mol. The van der Waals surface area contributed by atoms with Crippen LogP contribution in [0.5, 0.6) is 0 Å². The molecule has 0 bridgehead atoms. The van der Waals surface area contributed by atoms with Crippen LogP contribution in [-0.4, -0.2) is 24.7 Å². The van der Waals surface area contributed by atoms with Crippen molar-refractivity contribution in [2.24, 2.45) is 0 Å². The molecule has 1 unspecified atom stereocenters. The van der Waals surface area contributed by atoms with E-state index in [4.69, 9.17) is 4.42 Å². The van der Waals surface area contributed by atoms with E-state index in [2.05, 4.69) is 5.32 Å². The quantitative estimate of drug-likeness (QED) is 0.712. The van der Waals surface area contributed by atoms with Crippen molar-refractivity contribution in [1.29, 1.82) is 0 Å². The Morgan fingerprint density at radius 1 is 1.15 bits per heavy atom. The van der Waals surface area contributed by atoms with Crippen molar-refractivity contribution in [3.63, 3.8) is 0 Å². The van der Waals surface area contributed by atoms with E-state index in [1.165, 1.54) is 10.6 Å². The molecule has 1 aliphatic heterocycles. The summed E-state index contributed by atoms with van der Waals surface area (Å²) in [6, 6.07) is 13.6. The van der Waals surface area contributed by atoms with Crippen molar-refractivity contribution < 1.29 is 17.6 Å². The van der Waals surface area contributed by atoms with Gasteiger partial charge in [0.25, 0.3) is 10.0 Å². The number of fused-ring (bicyclic) bond motifs is 1.